The second kappa shape index (κ2) is 5.37. The first-order valence-corrected chi connectivity index (χ1v) is 7.91. The Labute approximate surface area is 118 Å². The van der Waals surface area contributed by atoms with Gasteiger partial charge in [-0.3, -0.25) is 0 Å². The fourth-order valence-corrected chi connectivity index (χ4v) is 3.45. The highest BCUT2D eigenvalue weighted by Gasteiger charge is 2.36. The molecule has 0 amide bonds. The van der Waals surface area contributed by atoms with Gasteiger partial charge in [0.15, 0.2) is 5.13 Å². The van der Waals surface area contributed by atoms with Crippen molar-refractivity contribution in [3.63, 3.8) is 0 Å². The standard InChI is InChI=1S/C15H20N2OS/c1-3-5-10-8-13(10)17-15-16-12-7-6-11(18-4-2)9-14(12)19-15/h6-7,9-10,13H,3-5,8H2,1-2H3,(H,16,17). The molecule has 0 bridgehead atoms. The zero-order chi connectivity index (χ0) is 13.2. The van der Waals surface area contributed by atoms with E-state index in [0.29, 0.717) is 12.6 Å². The lowest BCUT2D eigenvalue weighted by Gasteiger charge is -2.00. The molecule has 0 aliphatic heterocycles. The van der Waals surface area contributed by atoms with Crippen LogP contribution in [0.4, 0.5) is 5.13 Å². The molecule has 1 aliphatic carbocycles. The maximum atomic E-state index is 5.52. The molecule has 0 spiro atoms. The lowest BCUT2D eigenvalue weighted by atomic mass is 10.2. The van der Waals surface area contributed by atoms with Crippen molar-refractivity contribution in [3.05, 3.63) is 18.2 Å². The molecule has 1 aliphatic rings. The minimum atomic E-state index is 0.645. The number of hydrogen-bond donors (Lipinski definition) is 1. The fourth-order valence-electron chi connectivity index (χ4n) is 2.50. The molecule has 0 radical (unpaired) electrons. The Balaban J connectivity index is 1.71. The first-order chi connectivity index (χ1) is 9.30. The van der Waals surface area contributed by atoms with Crippen LogP contribution < -0.4 is 10.1 Å². The van der Waals surface area contributed by atoms with Gasteiger partial charge in [-0.1, -0.05) is 24.7 Å². The van der Waals surface area contributed by atoms with Crippen molar-refractivity contribution in [1.29, 1.82) is 0 Å². The largest absolute Gasteiger partial charge is 0.494 e. The number of rotatable bonds is 6. The second-order valence-electron chi connectivity index (χ2n) is 5.12. The molecule has 2 aromatic rings. The van der Waals surface area contributed by atoms with Crippen molar-refractivity contribution >= 4 is 26.7 Å². The molecule has 2 unspecified atom stereocenters. The van der Waals surface area contributed by atoms with Crippen LogP contribution in [0.15, 0.2) is 18.2 Å². The molecule has 1 aromatic heterocycles. The van der Waals surface area contributed by atoms with E-state index in [4.69, 9.17) is 4.74 Å². The maximum Gasteiger partial charge on any atom is 0.184 e. The van der Waals surface area contributed by atoms with Crippen LogP contribution >= 0.6 is 11.3 Å². The van der Waals surface area contributed by atoms with E-state index in [-0.39, 0.29) is 0 Å². The number of benzene rings is 1. The number of ether oxygens (including phenoxy) is 1. The average molecular weight is 276 g/mol. The maximum absolute atomic E-state index is 5.52. The molecule has 4 heteroatoms. The van der Waals surface area contributed by atoms with Gasteiger partial charge >= 0.3 is 0 Å². The topological polar surface area (TPSA) is 34.2 Å². The van der Waals surface area contributed by atoms with Crippen molar-refractivity contribution in [2.45, 2.75) is 39.2 Å². The minimum Gasteiger partial charge on any atom is -0.494 e. The highest BCUT2D eigenvalue weighted by molar-refractivity contribution is 7.22. The van der Waals surface area contributed by atoms with E-state index in [9.17, 15) is 0 Å². The summed E-state index contributed by atoms with van der Waals surface area (Å²) in [6.07, 6.45) is 3.91. The van der Waals surface area contributed by atoms with Crippen molar-refractivity contribution in [3.8, 4) is 5.75 Å². The van der Waals surface area contributed by atoms with Gasteiger partial charge in [-0.15, -0.1) is 0 Å². The fraction of sp³-hybridized carbons (Fsp3) is 0.533. The van der Waals surface area contributed by atoms with Gasteiger partial charge in [0.25, 0.3) is 0 Å². The SMILES string of the molecule is CCCC1CC1Nc1nc2ccc(OCC)cc2s1. The molecule has 19 heavy (non-hydrogen) atoms. The van der Waals surface area contributed by atoms with Crippen LogP contribution in [0.1, 0.15) is 33.1 Å². The number of aromatic nitrogens is 1. The van der Waals surface area contributed by atoms with Crippen LogP contribution in [0, 0.1) is 5.92 Å². The van der Waals surface area contributed by atoms with E-state index in [1.165, 1.54) is 24.0 Å². The van der Waals surface area contributed by atoms with Gasteiger partial charge in [0, 0.05) is 6.04 Å². The highest BCUT2D eigenvalue weighted by atomic mass is 32.1. The molecule has 2 atom stereocenters. The number of thiazole rings is 1. The number of nitrogens with zero attached hydrogens (tertiary/aromatic N) is 1. The molecule has 3 rings (SSSR count). The Morgan fingerprint density at radius 1 is 1.42 bits per heavy atom. The Morgan fingerprint density at radius 3 is 3.11 bits per heavy atom. The summed E-state index contributed by atoms with van der Waals surface area (Å²) >= 11 is 1.72. The number of hydrogen-bond acceptors (Lipinski definition) is 4. The van der Waals surface area contributed by atoms with E-state index in [0.717, 1.165) is 22.3 Å². The van der Waals surface area contributed by atoms with E-state index < -0.39 is 0 Å². The summed E-state index contributed by atoms with van der Waals surface area (Å²) in [4.78, 5) is 4.64. The first kappa shape index (κ1) is 12.7. The van der Waals surface area contributed by atoms with E-state index in [2.05, 4.69) is 23.3 Å². The number of anilines is 1. The summed E-state index contributed by atoms with van der Waals surface area (Å²) in [7, 11) is 0. The normalized spacial score (nSPS) is 21.6. The Bertz CT molecular complexity index is 566. The molecule has 1 aromatic carbocycles. The minimum absolute atomic E-state index is 0.645. The van der Waals surface area contributed by atoms with Crippen LogP contribution in [0.5, 0.6) is 5.75 Å². The van der Waals surface area contributed by atoms with E-state index in [1.54, 1.807) is 11.3 Å². The lowest BCUT2D eigenvalue weighted by molar-refractivity contribution is 0.341. The lowest BCUT2D eigenvalue weighted by Crippen LogP contribution is -2.03. The van der Waals surface area contributed by atoms with Crippen LogP contribution in [0.3, 0.4) is 0 Å². The van der Waals surface area contributed by atoms with Crippen molar-refractivity contribution in [1.82, 2.24) is 4.98 Å². The highest BCUT2D eigenvalue weighted by Crippen LogP contribution is 2.39. The summed E-state index contributed by atoms with van der Waals surface area (Å²) < 4.78 is 6.72. The van der Waals surface area contributed by atoms with Crippen LogP contribution in [0.25, 0.3) is 10.2 Å². The zero-order valence-corrected chi connectivity index (χ0v) is 12.3. The molecule has 1 saturated carbocycles. The summed E-state index contributed by atoms with van der Waals surface area (Å²) in [5, 5.41) is 4.61. The summed E-state index contributed by atoms with van der Waals surface area (Å²) in [5.41, 5.74) is 1.06. The van der Waals surface area contributed by atoms with Gasteiger partial charge in [0.05, 0.1) is 16.8 Å². The van der Waals surface area contributed by atoms with Gasteiger partial charge in [-0.25, -0.2) is 4.98 Å². The van der Waals surface area contributed by atoms with Crippen LogP contribution in [-0.4, -0.2) is 17.6 Å². The second-order valence-corrected chi connectivity index (χ2v) is 6.15. The van der Waals surface area contributed by atoms with Crippen LogP contribution in [-0.2, 0) is 0 Å². The molecule has 1 fully saturated rings. The van der Waals surface area contributed by atoms with Gasteiger partial charge in [0.1, 0.15) is 5.75 Å². The molecule has 3 nitrogen and oxygen atoms in total. The van der Waals surface area contributed by atoms with Gasteiger partial charge in [0.2, 0.25) is 0 Å². The van der Waals surface area contributed by atoms with Crippen molar-refractivity contribution < 1.29 is 4.74 Å². The Kier molecular flexibility index (Phi) is 3.60. The summed E-state index contributed by atoms with van der Waals surface area (Å²) in [6, 6.07) is 6.76. The van der Waals surface area contributed by atoms with Gasteiger partial charge in [-0.2, -0.15) is 0 Å². The zero-order valence-electron chi connectivity index (χ0n) is 11.5. The molecule has 1 N–H and O–H groups in total. The third kappa shape index (κ3) is 2.84. The number of nitrogens with one attached hydrogen (secondary N) is 1. The quantitative estimate of drug-likeness (QED) is 0.854. The first-order valence-electron chi connectivity index (χ1n) is 7.10. The molecular formula is C15H20N2OS. The average Bonchev–Trinajstić information content (AvgIpc) is 2.98. The number of fused-ring (bicyclic) bond motifs is 1. The predicted molar refractivity (Wildman–Crippen MR) is 81.2 cm³/mol. The van der Waals surface area contributed by atoms with Crippen molar-refractivity contribution in [2.75, 3.05) is 11.9 Å². The third-order valence-corrected chi connectivity index (χ3v) is 4.51. The molecule has 0 saturated heterocycles. The van der Waals surface area contributed by atoms with E-state index >= 15 is 0 Å². The summed E-state index contributed by atoms with van der Waals surface area (Å²) in [6.45, 7) is 4.96. The van der Waals surface area contributed by atoms with Crippen LogP contribution in [0.2, 0.25) is 0 Å². The smallest absolute Gasteiger partial charge is 0.184 e. The summed E-state index contributed by atoms with van der Waals surface area (Å²) in [5.74, 6) is 1.79. The Morgan fingerprint density at radius 2 is 2.32 bits per heavy atom. The van der Waals surface area contributed by atoms with Gasteiger partial charge in [-0.05, 0) is 43.9 Å². The molecule has 1 heterocycles. The van der Waals surface area contributed by atoms with Crippen molar-refractivity contribution in [2.24, 2.45) is 5.92 Å². The molecule has 102 valence electrons. The van der Waals surface area contributed by atoms with E-state index in [1.807, 2.05) is 19.1 Å². The molecular weight excluding hydrogens is 256 g/mol. The van der Waals surface area contributed by atoms with Gasteiger partial charge < -0.3 is 10.1 Å². The Hall–Kier alpha value is -1.29. The third-order valence-electron chi connectivity index (χ3n) is 3.56. The monoisotopic (exact) mass is 276 g/mol. The predicted octanol–water partition coefficient (Wildman–Crippen LogP) is 4.30.